The number of nitrogens with one attached hydrogen (secondary N) is 1. The highest BCUT2D eigenvalue weighted by Gasteiger charge is 2.23. The number of hydrogen-bond donors (Lipinski definition) is 3. The Morgan fingerprint density at radius 3 is 2.39 bits per heavy atom. The second kappa shape index (κ2) is 7.61. The highest BCUT2D eigenvalue weighted by molar-refractivity contribution is 6.38. The van der Waals surface area contributed by atoms with Gasteiger partial charge in [0.15, 0.2) is 0 Å². The molecule has 0 aliphatic carbocycles. The molecule has 1 heterocycles. The van der Waals surface area contributed by atoms with E-state index in [9.17, 15) is 27.9 Å². The van der Waals surface area contributed by atoms with Crippen LogP contribution in [0.1, 0.15) is 10.4 Å². The minimum Gasteiger partial charge on any atom is -0.477 e. The van der Waals surface area contributed by atoms with Crippen LogP contribution in [0.4, 0.5) is 24.5 Å². The van der Waals surface area contributed by atoms with Crippen molar-refractivity contribution in [1.29, 1.82) is 0 Å². The maximum atomic E-state index is 14.4. The number of nitrogen functional groups attached to an aromatic ring is 1. The zero-order valence-electron chi connectivity index (χ0n) is 14.0. The summed E-state index contributed by atoms with van der Waals surface area (Å²) in [6.45, 7) is 0. The smallest absolute Gasteiger partial charge is 0.341 e. The summed E-state index contributed by atoms with van der Waals surface area (Å²) in [6.07, 6.45) is 0.825. The fourth-order valence-electron chi connectivity index (χ4n) is 2.72. The lowest BCUT2D eigenvalue weighted by Crippen LogP contribution is -2.19. The number of anilines is 2. The molecule has 1 aromatic heterocycles. The van der Waals surface area contributed by atoms with Crippen LogP contribution in [0.25, 0.3) is 16.6 Å². The number of aromatic carboxylic acids is 1. The maximum absolute atomic E-state index is 14.4. The molecule has 0 bridgehead atoms. The monoisotopic (exact) mass is 433 g/mol. The molecule has 4 N–H and O–H groups in total. The van der Waals surface area contributed by atoms with E-state index in [1.54, 1.807) is 0 Å². The first-order chi connectivity index (χ1) is 12.7. The molecule has 148 valence electrons. The zero-order chi connectivity index (χ0) is 20.0. The summed E-state index contributed by atoms with van der Waals surface area (Å²) in [7, 11) is 1.38. The Morgan fingerprint density at radius 2 is 1.82 bits per heavy atom. The molecular weight excluding hydrogens is 422 g/mol. The Kier molecular flexibility index (Phi) is 5.81. The first kappa shape index (κ1) is 21.4. The van der Waals surface area contributed by atoms with Crippen molar-refractivity contribution in [2.75, 3.05) is 18.1 Å². The van der Waals surface area contributed by atoms with Crippen LogP contribution in [0.2, 0.25) is 5.02 Å². The van der Waals surface area contributed by atoms with Crippen LogP contribution in [0.15, 0.2) is 29.2 Å². The topological polar surface area (TPSA) is 97.4 Å². The number of aromatic nitrogens is 1. The number of halogens is 5. The van der Waals surface area contributed by atoms with Crippen molar-refractivity contribution in [3.8, 4) is 5.69 Å². The van der Waals surface area contributed by atoms with Crippen LogP contribution in [0.3, 0.4) is 0 Å². The van der Waals surface area contributed by atoms with Gasteiger partial charge in [-0.15, -0.1) is 12.4 Å². The second-order valence-electron chi connectivity index (χ2n) is 5.57. The number of benzene rings is 2. The van der Waals surface area contributed by atoms with Crippen LogP contribution in [0, 0.1) is 17.5 Å². The summed E-state index contributed by atoms with van der Waals surface area (Å²) >= 11 is 6.19. The van der Waals surface area contributed by atoms with Gasteiger partial charge in [0.1, 0.15) is 23.0 Å². The molecule has 0 aliphatic rings. The molecule has 11 heteroatoms. The first-order valence-electron chi connectivity index (χ1n) is 7.40. The third kappa shape index (κ3) is 3.23. The molecule has 0 unspecified atom stereocenters. The number of fused-ring (bicyclic) bond motifs is 1. The summed E-state index contributed by atoms with van der Waals surface area (Å²) in [4.78, 5) is 23.9. The standard InChI is InChI=1S/C17H11ClF3N3O3.ClH/c1-23-14-10(21)2-6-15(13(14)18)24(5-7(16(6)25)17(26)27)12-4-11(22)8(19)3-9(12)20;/h2-5,23H,22H2,1H3,(H,26,27);1H. The molecule has 3 aromatic rings. The molecule has 0 amide bonds. The van der Waals surface area contributed by atoms with E-state index in [1.807, 2.05) is 0 Å². The van der Waals surface area contributed by atoms with Gasteiger partial charge >= 0.3 is 5.97 Å². The average molecular weight is 434 g/mol. The highest BCUT2D eigenvalue weighted by Crippen LogP contribution is 2.35. The fraction of sp³-hybridized carbons (Fsp3) is 0.0588. The van der Waals surface area contributed by atoms with Crippen molar-refractivity contribution < 1.29 is 23.1 Å². The zero-order valence-corrected chi connectivity index (χ0v) is 15.6. The Labute approximate surface area is 166 Å². The number of pyridine rings is 1. The number of nitrogens with two attached hydrogens (primary N) is 1. The molecule has 2 aromatic carbocycles. The predicted octanol–water partition coefficient (Wildman–Crippen LogP) is 3.81. The molecule has 28 heavy (non-hydrogen) atoms. The van der Waals surface area contributed by atoms with Crippen LogP contribution < -0.4 is 16.5 Å². The van der Waals surface area contributed by atoms with E-state index in [0.29, 0.717) is 6.07 Å². The third-order valence-corrected chi connectivity index (χ3v) is 4.35. The van der Waals surface area contributed by atoms with Crippen molar-refractivity contribution in [2.24, 2.45) is 0 Å². The fourth-order valence-corrected chi connectivity index (χ4v) is 3.10. The second-order valence-corrected chi connectivity index (χ2v) is 5.94. The third-order valence-electron chi connectivity index (χ3n) is 3.99. The molecule has 6 nitrogen and oxygen atoms in total. The van der Waals surface area contributed by atoms with Gasteiger partial charge in [-0.2, -0.15) is 0 Å². The van der Waals surface area contributed by atoms with Crippen LogP contribution in [-0.4, -0.2) is 22.7 Å². The summed E-state index contributed by atoms with van der Waals surface area (Å²) in [5, 5.41) is 11.1. The van der Waals surface area contributed by atoms with Gasteiger partial charge in [0.2, 0.25) is 5.43 Å². The van der Waals surface area contributed by atoms with Crippen LogP contribution in [-0.2, 0) is 0 Å². The number of hydrogen-bond acceptors (Lipinski definition) is 4. The van der Waals surface area contributed by atoms with Crippen LogP contribution in [0.5, 0.6) is 0 Å². The Balaban J connectivity index is 0.00000280. The first-order valence-corrected chi connectivity index (χ1v) is 7.78. The molecule has 3 rings (SSSR count). The lowest BCUT2D eigenvalue weighted by molar-refractivity contribution is 0.0695. The van der Waals surface area contributed by atoms with E-state index in [2.05, 4.69) is 5.32 Å². The summed E-state index contributed by atoms with van der Waals surface area (Å²) < 4.78 is 43.1. The molecule has 0 aliphatic heterocycles. The normalized spacial score (nSPS) is 10.6. The lowest BCUT2D eigenvalue weighted by atomic mass is 10.1. The Morgan fingerprint density at radius 1 is 1.18 bits per heavy atom. The number of carbonyl (C=O) groups is 1. The number of carboxylic acids is 1. The van der Waals surface area contributed by atoms with E-state index < -0.39 is 45.5 Å². The predicted molar refractivity (Wildman–Crippen MR) is 103 cm³/mol. The van der Waals surface area contributed by atoms with Gasteiger partial charge in [-0.1, -0.05) is 11.6 Å². The van der Waals surface area contributed by atoms with Crippen molar-refractivity contribution >= 4 is 52.3 Å². The van der Waals surface area contributed by atoms with Gasteiger partial charge in [0.05, 0.1) is 33.0 Å². The lowest BCUT2D eigenvalue weighted by Gasteiger charge is -2.17. The van der Waals surface area contributed by atoms with Gasteiger partial charge in [-0.25, -0.2) is 18.0 Å². The highest BCUT2D eigenvalue weighted by atomic mass is 35.5. The summed E-state index contributed by atoms with van der Waals surface area (Å²) in [5.74, 6) is -4.62. The van der Waals surface area contributed by atoms with E-state index >= 15 is 0 Å². The van der Waals surface area contributed by atoms with Gasteiger partial charge in [0, 0.05) is 19.3 Å². The number of nitrogens with zero attached hydrogens (tertiary/aromatic N) is 1. The van der Waals surface area contributed by atoms with Crippen molar-refractivity contribution in [3.63, 3.8) is 0 Å². The van der Waals surface area contributed by atoms with E-state index in [1.165, 1.54) is 7.05 Å². The maximum Gasteiger partial charge on any atom is 0.341 e. The van der Waals surface area contributed by atoms with E-state index in [4.69, 9.17) is 17.3 Å². The minimum atomic E-state index is -1.61. The minimum absolute atomic E-state index is 0. The largest absolute Gasteiger partial charge is 0.477 e. The molecule has 0 radical (unpaired) electrons. The van der Waals surface area contributed by atoms with Gasteiger partial charge in [0.25, 0.3) is 0 Å². The average Bonchev–Trinajstić information content (AvgIpc) is 2.59. The van der Waals surface area contributed by atoms with Gasteiger partial charge < -0.3 is 20.7 Å². The van der Waals surface area contributed by atoms with Crippen molar-refractivity contribution in [2.45, 2.75) is 0 Å². The molecule has 0 spiro atoms. The quantitative estimate of drug-likeness (QED) is 0.545. The Hall–Kier alpha value is -2.91. The SMILES string of the molecule is CNc1c(F)cc2c(=O)c(C(=O)O)cn(-c3cc(N)c(F)cc3F)c2c1Cl.Cl. The molecule has 0 atom stereocenters. The van der Waals surface area contributed by atoms with Crippen molar-refractivity contribution in [1.82, 2.24) is 4.57 Å². The van der Waals surface area contributed by atoms with E-state index in [-0.39, 0.29) is 34.3 Å². The molecule has 0 fully saturated rings. The van der Waals surface area contributed by atoms with Gasteiger partial charge in [-0.05, 0) is 12.1 Å². The summed E-state index contributed by atoms with van der Waals surface area (Å²) in [6, 6.07) is 2.22. The number of rotatable bonds is 3. The molecule has 0 saturated carbocycles. The molecule has 0 saturated heterocycles. The number of carboxylic acid groups (broad SMARTS) is 1. The van der Waals surface area contributed by atoms with E-state index in [0.717, 1.165) is 22.9 Å². The van der Waals surface area contributed by atoms with Crippen LogP contribution >= 0.6 is 24.0 Å². The van der Waals surface area contributed by atoms with Gasteiger partial charge in [-0.3, -0.25) is 4.79 Å². The summed E-state index contributed by atoms with van der Waals surface area (Å²) in [5.41, 5.74) is 2.59. The molecular formula is C17H12Cl2F3N3O3. The van der Waals surface area contributed by atoms with Crippen molar-refractivity contribution in [3.05, 3.63) is 62.7 Å². The Bertz CT molecular complexity index is 1180.